The first-order valence-corrected chi connectivity index (χ1v) is 7.79. The van der Waals surface area contributed by atoms with E-state index in [9.17, 15) is 8.78 Å². The lowest BCUT2D eigenvalue weighted by Gasteiger charge is -2.14. The van der Waals surface area contributed by atoms with Crippen LogP contribution in [0.5, 0.6) is 5.75 Å². The smallest absolute Gasteiger partial charge is 0.387 e. The summed E-state index contributed by atoms with van der Waals surface area (Å²) in [5.41, 5.74) is 0.737. The molecule has 9 heteroatoms. The van der Waals surface area contributed by atoms with E-state index < -0.39 is 12.0 Å². The Morgan fingerprint density at radius 2 is 1.75 bits per heavy atom. The van der Waals surface area contributed by atoms with Crippen LogP contribution in [0.25, 0.3) is 10.8 Å². The van der Waals surface area contributed by atoms with Crippen LogP contribution < -0.4 is 4.74 Å². The van der Waals surface area contributed by atoms with E-state index in [1.807, 2.05) is 0 Å². The first kappa shape index (κ1) is 17.1. The van der Waals surface area contributed by atoms with Crippen molar-refractivity contribution in [2.24, 2.45) is 0 Å². The van der Waals surface area contributed by atoms with Crippen LogP contribution in [0.1, 0.15) is 16.6 Å². The molecule has 1 aromatic carbocycles. The fraction of sp³-hybridized carbons (Fsp3) is 0.133. The zero-order valence-corrected chi connectivity index (χ0v) is 14.0. The highest BCUT2D eigenvalue weighted by atomic mass is 35.5. The van der Waals surface area contributed by atoms with Gasteiger partial charge in [0.25, 0.3) is 0 Å². The topological polar surface area (TPSA) is 47.9 Å². The summed E-state index contributed by atoms with van der Waals surface area (Å²) in [4.78, 5) is 3.87. The molecule has 0 aliphatic carbocycles. The summed E-state index contributed by atoms with van der Waals surface area (Å²) in [5, 5.41) is 8.76. The molecule has 24 heavy (non-hydrogen) atoms. The maximum atomic E-state index is 12.4. The third kappa shape index (κ3) is 3.36. The van der Waals surface area contributed by atoms with E-state index in [2.05, 4.69) is 19.9 Å². The predicted molar refractivity (Wildman–Crippen MR) is 88.1 cm³/mol. The lowest BCUT2D eigenvalue weighted by atomic mass is 10.0. The minimum absolute atomic E-state index is 0.0115. The number of nitrogens with zero attached hydrogens (tertiary/aromatic N) is 3. The number of fused-ring (bicyclic) bond motifs is 1. The van der Waals surface area contributed by atoms with E-state index in [0.29, 0.717) is 22.0 Å². The van der Waals surface area contributed by atoms with Crippen LogP contribution in [0.2, 0.25) is 10.0 Å². The third-order valence-electron chi connectivity index (χ3n) is 3.27. The number of benzene rings is 1. The van der Waals surface area contributed by atoms with Crippen LogP contribution >= 0.6 is 34.8 Å². The van der Waals surface area contributed by atoms with Crippen molar-refractivity contribution in [3.05, 3.63) is 58.1 Å². The van der Waals surface area contributed by atoms with Gasteiger partial charge >= 0.3 is 6.61 Å². The molecule has 0 fully saturated rings. The van der Waals surface area contributed by atoms with E-state index in [4.69, 9.17) is 34.8 Å². The van der Waals surface area contributed by atoms with Gasteiger partial charge in [-0.05, 0) is 18.2 Å². The number of aromatic nitrogens is 3. The largest absolute Gasteiger partial charge is 0.435 e. The molecule has 0 bridgehead atoms. The van der Waals surface area contributed by atoms with Gasteiger partial charge in [-0.2, -0.15) is 19.0 Å². The Balaban J connectivity index is 2.14. The van der Waals surface area contributed by atoms with Gasteiger partial charge in [-0.1, -0.05) is 23.2 Å². The fourth-order valence-electron chi connectivity index (χ4n) is 2.24. The van der Waals surface area contributed by atoms with Gasteiger partial charge in [0, 0.05) is 28.7 Å². The Hall–Kier alpha value is -1.76. The summed E-state index contributed by atoms with van der Waals surface area (Å²) in [6.07, 6.45) is 4.30. The van der Waals surface area contributed by atoms with Gasteiger partial charge in [-0.15, -0.1) is 11.6 Å². The molecule has 0 saturated heterocycles. The van der Waals surface area contributed by atoms with Crippen molar-refractivity contribution < 1.29 is 13.5 Å². The summed E-state index contributed by atoms with van der Waals surface area (Å²) < 4.78 is 29.3. The van der Waals surface area contributed by atoms with Crippen molar-refractivity contribution in [1.29, 1.82) is 0 Å². The Morgan fingerprint density at radius 3 is 2.42 bits per heavy atom. The summed E-state index contributed by atoms with van der Waals surface area (Å²) in [6.45, 7) is -2.93. The van der Waals surface area contributed by atoms with E-state index in [0.717, 1.165) is 0 Å². The maximum Gasteiger partial charge on any atom is 0.387 e. The molecule has 3 rings (SSSR count). The standard InChI is InChI=1S/C15H8Cl3F2N3O/c16-10-5-21-6-11(17)12(10)13(18)14-9-3-8(24-15(19)20)2-1-7(9)4-22-23-14/h1-6,13,15H. The van der Waals surface area contributed by atoms with Crippen molar-refractivity contribution in [2.75, 3.05) is 0 Å². The van der Waals surface area contributed by atoms with Crippen molar-refractivity contribution >= 4 is 45.6 Å². The normalized spacial score (nSPS) is 12.6. The number of hydrogen-bond donors (Lipinski definition) is 0. The summed E-state index contributed by atoms with van der Waals surface area (Å²) in [5.74, 6) is -0.0115. The van der Waals surface area contributed by atoms with Gasteiger partial charge in [-0.25, -0.2) is 0 Å². The van der Waals surface area contributed by atoms with E-state index >= 15 is 0 Å². The van der Waals surface area contributed by atoms with Gasteiger partial charge < -0.3 is 4.74 Å². The van der Waals surface area contributed by atoms with E-state index in [-0.39, 0.29) is 15.8 Å². The van der Waals surface area contributed by atoms with Crippen LogP contribution in [0.4, 0.5) is 8.78 Å². The zero-order valence-electron chi connectivity index (χ0n) is 11.8. The number of pyridine rings is 1. The second-order valence-corrected chi connectivity index (χ2v) is 5.99. The molecule has 0 aliphatic heterocycles. The number of hydrogen-bond acceptors (Lipinski definition) is 4. The van der Waals surface area contributed by atoms with Crippen LogP contribution in [0, 0.1) is 0 Å². The Labute approximate surface area is 150 Å². The average molecular weight is 391 g/mol. The Morgan fingerprint density at radius 1 is 1.04 bits per heavy atom. The van der Waals surface area contributed by atoms with Crippen molar-refractivity contribution in [1.82, 2.24) is 15.2 Å². The molecule has 0 amide bonds. The third-order valence-corrected chi connectivity index (χ3v) is 4.30. The number of halogens is 5. The lowest BCUT2D eigenvalue weighted by Crippen LogP contribution is -2.04. The first-order valence-electron chi connectivity index (χ1n) is 6.60. The second kappa shape index (κ2) is 7.01. The first-order chi connectivity index (χ1) is 11.5. The zero-order chi connectivity index (χ0) is 17.3. The quantitative estimate of drug-likeness (QED) is 0.570. The molecule has 0 radical (unpaired) electrons. The molecule has 1 unspecified atom stereocenters. The number of rotatable bonds is 4. The number of ether oxygens (including phenoxy) is 1. The summed E-state index contributed by atoms with van der Waals surface area (Å²) in [7, 11) is 0. The van der Waals surface area contributed by atoms with Crippen molar-refractivity contribution in [3.63, 3.8) is 0 Å². The van der Waals surface area contributed by atoms with Crippen LogP contribution in [-0.4, -0.2) is 21.8 Å². The monoisotopic (exact) mass is 389 g/mol. The molecular formula is C15H8Cl3F2N3O. The van der Waals surface area contributed by atoms with Gasteiger partial charge in [0.15, 0.2) is 0 Å². The SMILES string of the molecule is FC(F)Oc1ccc2cnnc(C(Cl)c3c(Cl)cncc3Cl)c2c1. The van der Waals surface area contributed by atoms with Gasteiger partial charge in [0.2, 0.25) is 0 Å². The molecule has 0 spiro atoms. The molecule has 0 N–H and O–H groups in total. The molecule has 124 valence electrons. The van der Waals surface area contributed by atoms with Gasteiger partial charge in [0.05, 0.1) is 21.9 Å². The van der Waals surface area contributed by atoms with Crippen LogP contribution in [0.15, 0.2) is 36.8 Å². The maximum absolute atomic E-state index is 12.4. The molecule has 4 nitrogen and oxygen atoms in total. The molecular weight excluding hydrogens is 383 g/mol. The predicted octanol–water partition coefficient (Wildman–Crippen LogP) is 5.26. The molecule has 0 aliphatic rings. The fourth-order valence-corrected chi connectivity index (χ4v) is 3.33. The van der Waals surface area contributed by atoms with Crippen LogP contribution in [-0.2, 0) is 0 Å². The minimum atomic E-state index is -2.93. The molecule has 1 atom stereocenters. The van der Waals surface area contributed by atoms with E-state index in [1.54, 1.807) is 6.07 Å². The Kier molecular flexibility index (Phi) is 4.99. The van der Waals surface area contributed by atoms with Crippen molar-refractivity contribution in [2.45, 2.75) is 12.0 Å². The highest BCUT2D eigenvalue weighted by Gasteiger charge is 2.22. The molecule has 0 saturated carbocycles. The van der Waals surface area contributed by atoms with E-state index in [1.165, 1.54) is 30.7 Å². The molecule has 2 aromatic heterocycles. The van der Waals surface area contributed by atoms with Gasteiger partial charge in [-0.3, -0.25) is 4.98 Å². The molecule has 3 aromatic rings. The molecule has 2 heterocycles. The summed E-state index contributed by atoms with van der Waals surface area (Å²) >= 11 is 18.7. The lowest BCUT2D eigenvalue weighted by molar-refractivity contribution is -0.0497. The van der Waals surface area contributed by atoms with Crippen molar-refractivity contribution in [3.8, 4) is 5.75 Å². The average Bonchev–Trinajstić information content (AvgIpc) is 2.53. The number of alkyl halides is 3. The highest BCUT2D eigenvalue weighted by molar-refractivity contribution is 6.38. The van der Waals surface area contributed by atoms with Gasteiger partial charge in [0.1, 0.15) is 11.1 Å². The Bertz CT molecular complexity index is 875. The highest BCUT2D eigenvalue weighted by Crippen LogP contribution is 2.39. The minimum Gasteiger partial charge on any atom is -0.435 e. The van der Waals surface area contributed by atoms with Crippen LogP contribution in [0.3, 0.4) is 0 Å². The second-order valence-electron chi connectivity index (χ2n) is 4.74. The summed E-state index contributed by atoms with van der Waals surface area (Å²) in [6, 6.07) is 4.42.